The molecule has 2 rings (SSSR count). The summed E-state index contributed by atoms with van der Waals surface area (Å²) in [5, 5.41) is 22.4. The molecule has 0 aliphatic rings. The lowest BCUT2D eigenvalue weighted by Crippen LogP contribution is -2.06. The van der Waals surface area contributed by atoms with Gasteiger partial charge in [-0.25, -0.2) is 0 Å². The molecule has 0 saturated heterocycles. The third-order valence-corrected chi connectivity index (χ3v) is 3.98. The van der Waals surface area contributed by atoms with E-state index in [4.69, 9.17) is 5.26 Å². The van der Waals surface area contributed by atoms with Crippen molar-refractivity contribution in [1.29, 1.82) is 5.26 Å². The van der Waals surface area contributed by atoms with E-state index in [2.05, 4.69) is 11.4 Å². The molecule has 0 bridgehead atoms. The molecule has 4 nitrogen and oxygen atoms in total. The number of aromatic hydroxyl groups is 1. The van der Waals surface area contributed by atoms with Gasteiger partial charge < -0.3 is 10.4 Å². The molecule has 0 spiro atoms. The lowest BCUT2D eigenvalue weighted by molar-refractivity contribution is 0.101. The van der Waals surface area contributed by atoms with Crippen molar-refractivity contribution in [3.63, 3.8) is 0 Å². The van der Waals surface area contributed by atoms with Crippen LogP contribution >= 0.6 is 0 Å². The molecule has 0 aliphatic heterocycles. The summed E-state index contributed by atoms with van der Waals surface area (Å²) in [7, 11) is 0. The summed E-state index contributed by atoms with van der Waals surface area (Å²) in [6.45, 7) is 4.08. The molecule has 4 heteroatoms. The molecular weight excluding hydrogens is 300 g/mol. The Hall–Kier alpha value is -2.80. The van der Waals surface area contributed by atoms with Gasteiger partial charge in [0.1, 0.15) is 5.75 Å². The number of benzene rings is 2. The Balaban J connectivity index is 2.18. The molecule has 0 fully saturated rings. The van der Waals surface area contributed by atoms with E-state index >= 15 is 0 Å². The van der Waals surface area contributed by atoms with Crippen LogP contribution in [0.2, 0.25) is 0 Å². The zero-order chi connectivity index (χ0) is 17.5. The topological polar surface area (TPSA) is 73.1 Å². The van der Waals surface area contributed by atoms with Crippen molar-refractivity contribution >= 4 is 11.5 Å². The van der Waals surface area contributed by atoms with E-state index in [1.54, 1.807) is 6.07 Å². The number of carbonyl (C=O) groups excluding carboxylic acids is 1. The number of hydrogen-bond acceptors (Lipinski definition) is 4. The number of hydrogen-bond donors (Lipinski definition) is 2. The Morgan fingerprint density at radius 1 is 1.21 bits per heavy atom. The maximum absolute atomic E-state index is 11.6. The average Bonchev–Trinajstić information content (AvgIpc) is 2.57. The summed E-state index contributed by atoms with van der Waals surface area (Å²) in [6.07, 6.45) is 2.02. The smallest absolute Gasteiger partial charge is 0.163 e. The molecule has 0 aromatic heterocycles. The van der Waals surface area contributed by atoms with Gasteiger partial charge in [-0.3, -0.25) is 4.79 Å². The van der Waals surface area contributed by atoms with Crippen LogP contribution in [0, 0.1) is 11.3 Å². The molecular formula is C20H22N2O2. The number of ketones is 1. The molecule has 0 atom stereocenters. The first kappa shape index (κ1) is 17.6. The van der Waals surface area contributed by atoms with Gasteiger partial charge in [-0.2, -0.15) is 5.26 Å². The van der Waals surface area contributed by atoms with Gasteiger partial charge in [0.2, 0.25) is 0 Å². The Bertz CT molecular complexity index is 758. The first-order valence-corrected chi connectivity index (χ1v) is 8.11. The SMILES string of the molecule is CCCc1c(CNc2ccc(CC#N)cc2)ccc(C(C)=O)c1O. The van der Waals surface area contributed by atoms with E-state index in [0.29, 0.717) is 18.5 Å². The van der Waals surface area contributed by atoms with Gasteiger partial charge in [-0.1, -0.05) is 31.5 Å². The molecule has 0 unspecified atom stereocenters. The number of anilines is 1. The number of carbonyl (C=O) groups is 1. The van der Waals surface area contributed by atoms with Crippen LogP contribution in [0.25, 0.3) is 0 Å². The Kier molecular flexibility index (Phi) is 5.97. The number of nitrogens with one attached hydrogen (secondary N) is 1. The average molecular weight is 322 g/mol. The van der Waals surface area contributed by atoms with E-state index in [9.17, 15) is 9.90 Å². The summed E-state index contributed by atoms with van der Waals surface area (Å²) < 4.78 is 0. The van der Waals surface area contributed by atoms with Crippen LogP contribution in [0.1, 0.15) is 47.3 Å². The van der Waals surface area contributed by atoms with E-state index in [1.807, 2.05) is 37.3 Å². The van der Waals surface area contributed by atoms with E-state index in [0.717, 1.165) is 35.2 Å². The van der Waals surface area contributed by atoms with Gasteiger partial charge >= 0.3 is 0 Å². The van der Waals surface area contributed by atoms with Crippen molar-refractivity contribution in [2.45, 2.75) is 39.7 Å². The largest absolute Gasteiger partial charge is 0.507 e. The lowest BCUT2D eigenvalue weighted by atomic mass is 9.96. The summed E-state index contributed by atoms with van der Waals surface area (Å²) in [6, 6.07) is 13.4. The van der Waals surface area contributed by atoms with Crippen molar-refractivity contribution < 1.29 is 9.90 Å². The number of nitrogens with zero attached hydrogens (tertiary/aromatic N) is 1. The van der Waals surface area contributed by atoms with E-state index in [1.165, 1.54) is 6.92 Å². The molecule has 124 valence electrons. The van der Waals surface area contributed by atoms with E-state index in [-0.39, 0.29) is 11.5 Å². The van der Waals surface area contributed by atoms with Crippen LogP contribution in [0.15, 0.2) is 36.4 Å². The minimum atomic E-state index is -0.127. The zero-order valence-corrected chi connectivity index (χ0v) is 14.1. The molecule has 0 heterocycles. The molecule has 2 aromatic rings. The highest BCUT2D eigenvalue weighted by Crippen LogP contribution is 2.28. The normalized spacial score (nSPS) is 10.2. The Labute approximate surface area is 142 Å². The number of phenolic OH excluding ortho intramolecular Hbond substituents is 1. The monoisotopic (exact) mass is 322 g/mol. The van der Waals surface area contributed by atoms with Gasteiger partial charge in [-0.05, 0) is 48.2 Å². The van der Waals surface area contributed by atoms with Gasteiger partial charge in [0, 0.05) is 12.2 Å². The number of Topliss-reactive ketones (excluding diaryl/α,β-unsaturated/α-hetero) is 1. The summed E-state index contributed by atoms with van der Waals surface area (Å²) in [5.74, 6) is -0.0227. The predicted octanol–water partition coefficient (Wildman–Crippen LogP) is 4.23. The molecule has 2 aromatic carbocycles. The van der Waals surface area contributed by atoms with Crippen molar-refractivity contribution in [1.82, 2.24) is 0 Å². The van der Waals surface area contributed by atoms with Crippen LogP contribution in [-0.2, 0) is 19.4 Å². The highest BCUT2D eigenvalue weighted by Gasteiger charge is 2.14. The maximum atomic E-state index is 11.6. The standard InChI is InChI=1S/C20H22N2O2/c1-3-4-19-16(7-10-18(14(2)23)20(19)24)13-22-17-8-5-15(6-9-17)11-12-21/h5-10,22,24H,3-4,11,13H2,1-2H3. The second-order valence-electron chi connectivity index (χ2n) is 5.79. The molecule has 2 N–H and O–H groups in total. The van der Waals surface area contributed by atoms with E-state index < -0.39 is 0 Å². The van der Waals surface area contributed by atoms with Crippen LogP contribution in [-0.4, -0.2) is 10.9 Å². The second kappa shape index (κ2) is 8.16. The zero-order valence-electron chi connectivity index (χ0n) is 14.1. The van der Waals surface area contributed by atoms with Crippen molar-refractivity contribution in [2.75, 3.05) is 5.32 Å². The first-order valence-electron chi connectivity index (χ1n) is 8.11. The van der Waals surface area contributed by atoms with Gasteiger partial charge in [0.05, 0.1) is 18.1 Å². The molecule has 0 radical (unpaired) electrons. The van der Waals surface area contributed by atoms with Gasteiger partial charge in [0.15, 0.2) is 5.78 Å². The van der Waals surface area contributed by atoms with Crippen molar-refractivity contribution in [3.05, 3.63) is 58.7 Å². The summed E-state index contributed by atoms with van der Waals surface area (Å²) in [4.78, 5) is 11.6. The van der Waals surface area contributed by atoms with Gasteiger partial charge in [0.25, 0.3) is 0 Å². The number of rotatable bonds is 7. The fourth-order valence-electron chi connectivity index (χ4n) is 2.69. The minimum absolute atomic E-state index is 0.105. The molecule has 0 amide bonds. The van der Waals surface area contributed by atoms with Crippen LogP contribution in [0.5, 0.6) is 5.75 Å². The van der Waals surface area contributed by atoms with Crippen molar-refractivity contribution in [2.24, 2.45) is 0 Å². The summed E-state index contributed by atoms with van der Waals surface area (Å²) in [5.41, 5.74) is 4.13. The highest BCUT2D eigenvalue weighted by atomic mass is 16.3. The fourth-order valence-corrected chi connectivity index (χ4v) is 2.69. The molecule has 0 aliphatic carbocycles. The molecule has 0 saturated carbocycles. The third-order valence-electron chi connectivity index (χ3n) is 3.98. The third kappa shape index (κ3) is 4.14. The van der Waals surface area contributed by atoms with Crippen LogP contribution < -0.4 is 5.32 Å². The lowest BCUT2D eigenvalue weighted by Gasteiger charge is -2.15. The van der Waals surface area contributed by atoms with Crippen LogP contribution in [0.3, 0.4) is 0 Å². The second-order valence-corrected chi connectivity index (χ2v) is 5.79. The quantitative estimate of drug-likeness (QED) is 0.748. The van der Waals surface area contributed by atoms with Gasteiger partial charge in [-0.15, -0.1) is 0 Å². The molecule has 24 heavy (non-hydrogen) atoms. The first-order chi connectivity index (χ1) is 11.6. The minimum Gasteiger partial charge on any atom is -0.507 e. The van der Waals surface area contributed by atoms with Crippen molar-refractivity contribution in [3.8, 4) is 11.8 Å². The number of nitriles is 1. The summed E-state index contributed by atoms with van der Waals surface area (Å²) >= 11 is 0. The number of phenols is 1. The maximum Gasteiger partial charge on any atom is 0.163 e. The fraction of sp³-hybridized carbons (Fsp3) is 0.300. The Morgan fingerprint density at radius 3 is 2.50 bits per heavy atom. The Morgan fingerprint density at radius 2 is 1.92 bits per heavy atom. The highest BCUT2D eigenvalue weighted by molar-refractivity contribution is 5.97. The van der Waals surface area contributed by atoms with Crippen LogP contribution in [0.4, 0.5) is 5.69 Å². The predicted molar refractivity (Wildman–Crippen MR) is 95.2 cm³/mol.